The molecule has 0 saturated carbocycles. The topological polar surface area (TPSA) is 58.5 Å². The van der Waals surface area contributed by atoms with Crippen LogP contribution in [0.4, 0.5) is 0 Å². The second-order valence-corrected chi connectivity index (χ2v) is 7.71. The molecule has 2 aliphatic heterocycles. The van der Waals surface area contributed by atoms with E-state index in [1.165, 1.54) is 0 Å². The van der Waals surface area contributed by atoms with Gasteiger partial charge in [0.05, 0.1) is 17.3 Å². The second-order valence-electron chi connectivity index (χ2n) is 7.71. The van der Waals surface area contributed by atoms with Gasteiger partial charge in [-0.05, 0) is 45.7 Å². The lowest BCUT2D eigenvalue weighted by Crippen LogP contribution is -2.52. The largest absolute Gasteiger partial charge is 0.343 e. The predicted molar refractivity (Wildman–Crippen MR) is 103 cm³/mol. The van der Waals surface area contributed by atoms with Gasteiger partial charge in [-0.3, -0.25) is 9.59 Å². The lowest BCUT2D eigenvalue weighted by Gasteiger charge is -2.39. The number of quaternary nitrogens is 1. The van der Waals surface area contributed by atoms with E-state index in [-0.39, 0.29) is 11.9 Å². The molecule has 1 aromatic carbocycles. The highest BCUT2D eigenvalue weighted by Crippen LogP contribution is 2.35. The van der Waals surface area contributed by atoms with Crippen molar-refractivity contribution in [1.82, 2.24) is 5.32 Å². The molecule has 2 atom stereocenters. The van der Waals surface area contributed by atoms with Gasteiger partial charge in [0.2, 0.25) is 0 Å². The molecule has 0 spiro atoms. The number of hydrogen-bond donors (Lipinski definition) is 1. The van der Waals surface area contributed by atoms with Crippen LogP contribution in [0.3, 0.4) is 0 Å². The average Bonchev–Trinajstić information content (AvgIpc) is 3.08. The molecule has 0 aliphatic carbocycles. The number of nitrogens with one attached hydrogen (secondary N) is 1. The van der Waals surface area contributed by atoms with Gasteiger partial charge in [0, 0.05) is 11.6 Å². The first-order valence-corrected chi connectivity index (χ1v) is 8.97. The van der Waals surface area contributed by atoms with Gasteiger partial charge in [-0.1, -0.05) is 28.9 Å². The van der Waals surface area contributed by atoms with E-state index in [0.717, 1.165) is 23.0 Å². The van der Waals surface area contributed by atoms with Crippen LogP contribution >= 0.6 is 0 Å². The molecule has 5 nitrogen and oxygen atoms in total. The minimum absolute atomic E-state index is 0.0543. The average molecular weight is 352 g/mol. The Labute approximate surface area is 154 Å². The minimum atomic E-state index is -0.517. The number of rotatable bonds is 5. The van der Waals surface area contributed by atoms with E-state index in [1.807, 2.05) is 44.3 Å². The fraction of sp³-hybridized carbons (Fsp3) is 0.381. The Morgan fingerprint density at radius 2 is 2.15 bits per heavy atom. The molecule has 0 radical (unpaired) electrons. The van der Waals surface area contributed by atoms with E-state index in [9.17, 15) is 9.59 Å². The molecule has 136 valence electrons. The van der Waals surface area contributed by atoms with Crippen LogP contribution in [0, 0.1) is 0 Å². The van der Waals surface area contributed by atoms with Crippen molar-refractivity contribution in [2.75, 3.05) is 6.54 Å². The third-order valence-corrected chi connectivity index (χ3v) is 5.47. The molecule has 1 N–H and O–H groups in total. The third-order valence-electron chi connectivity index (χ3n) is 5.47. The lowest BCUT2D eigenvalue weighted by molar-refractivity contribution is -0.899. The van der Waals surface area contributed by atoms with Crippen molar-refractivity contribution in [3.8, 4) is 0 Å². The van der Waals surface area contributed by atoms with Crippen molar-refractivity contribution in [3.63, 3.8) is 0 Å². The van der Waals surface area contributed by atoms with Gasteiger partial charge in [-0.2, -0.15) is 4.59 Å². The molecule has 5 heteroatoms. The van der Waals surface area contributed by atoms with Gasteiger partial charge < -0.3 is 5.32 Å². The summed E-state index contributed by atoms with van der Waals surface area (Å²) in [6.45, 7) is 8.80. The number of carbonyl (C=O) groups excluding carboxylic acids is 2. The Bertz CT molecular complexity index is 823. The Morgan fingerprint density at radius 3 is 2.73 bits per heavy atom. The number of allylic oxidation sites excluding steroid dienone is 1. The zero-order chi connectivity index (χ0) is 18.9. The molecular formula is C21H26N3O2+. The first kappa shape index (κ1) is 18.3. The third kappa shape index (κ3) is 3.15. The molecule has 0 fully saturated rings. The van der Waals surface area contributed by atoms with E-state index in [0.29, 0.717) is 23.1 Å². The maximum atomic E-state index is 13.0. The molecular weight excluding hydrogens is 326 g/mol. The van der Waals surface area contributed by atoms with Gasteiger partial charge in [0.15, 0.2) is 0 Å². The Balaban J connectivity index is 1.93. The predicted octanol–water partition coefficient (Wildman–Crippen LogP) is 3.29. The smallest absolute Gasteiger partial charge is 0.253 e. The number of nitrogens with zero attached hydrogens (tertiary/aromatic N) is 2. The van der Waals surface area contributed by atoms with Crippen molar-refractivity contribution in [2.24, 2.45) is 5.10 Å². The Morgan fingerprint density at radius 1 is 1.38 bits per heavy atom. The Kier molecular flexibility index (Phi) is 4.67. The summed E-state index contributed by atoms with van der Waals surface area (Å²) in [7, 11) is 0. The molecule has 2 unspecified atom stereocenters. The van der Waals surface area contributed by atoms with Gasteiger partial charge in [-0.25, -0.2) is 0 Å². The van der Waals surface area contributed by atoms with Crippen molar-refractivity contribution in [1.29, 1.82) is 0 Å². The van der Waals surface area contributed by atoms with E-state index in [1.54, 1.807) is 12.3 Å². The summed E-state index contributed by atoms with van der Waals surface area (Å²) in [5, 5.41) is 7.77. The van der Waals surface area contributed by atoms with Gasteiger partial charge in [0.1, 0.15) is 25.1 Å². The first-order chi connectivity index (χ1) is 12.3. The highest BCUT2D eigenvalue weighted by Gasteiger charge is 2.41. The summed E-state index contributed by atoms with van der Waals surface area (Å²) < 4.78 is 0.414. The number of benzene rings is 1. The zero-order valence-electron chi connectivity index (χ0n) is 15.8. The fourth-order valence-corrected chi connectivity index (χ4v) is 3.76. The van der Waals surface area contributed by atoms with Gasteiger partial charge in [0.25, 0.3) is 5.91 Å². The quantitative estimate of drug-likeness (QED) is 0.653. The molecule has 0 saturated heterocycles. The normalized spacial score (nSPS) is 28.0. The molecule has 1 amide bonds. The molecule has 3 rings (SSSR count). The first-order valence-electron chi connectivity index (χ1n) is 8.97. The van der Waals surface area contributed by atoms with E-state index >= 15 is 0 Å². The second kappa shape index (κ2) is 6.65. The zero-order valence-corrected chi connectivity index (χ0v) is 15.8. The molecule has 2 aliphatic rings. The van der Waals surface area contributed by atoms with Crippen molar-refractivity contribution < 1.29 is 14.2 Å². The van der Waals surface area contributed by atoms with Crippen LogP contribution in [-0.4, -0.2) is 35.6 Å². The summed E-state index contributed by atoms with van der Waals surface area (Å²) in [4.78, 5) is 24.1. The maximum absolute atomic E-state index is 13.0. The summed E-state index contributed by atoms with van der Waals surface area (Å²) in [6, 6.07) is 7.68. The van der Waals surface area contributed by atoms with E-state index in [2.05, 4.69) is 24.3 Å². The lowest BCUT2D eigenvalue weighted by atomic mass is 9.80. The summed E-state index contributed by atoms with van der Waals surface area (Å²) in [5.74, 6) is -0.0543. The van der Waals surface area contributed by atoms with Crippen LogP contribution in [0.5, 0.6) is 0 Å². The van der Waals surface area contributed by atoms with Crippen LogP contribution < -0.4 is 5.32 Å². The Hall–Kier alpha value is -2.53. The van der Waals surface area contributed by atoms with Crippen LogP contribution in [-0.2, 0) is 10.3 Å². The number of carbonyl (C=O) groups is 2. The number of amides is 1. The van der Waals surface area contributed by atoms with Crippen LogP contribution in [0.1, 0.15) is 50.0 Å². The van der Waals surface area contributed by atoms with Crippen molar-refractivity contribution >= 4 is 18.4 Å². The van der Waals surface area contributed by atoms with E-state index < -0.39 is 5.54 Å². The molecule has 26 heavy (non-hydrogen) atoms. The molecule has 0 bridgehead atoms. The van der Waals surface area contributed by atoms with Crippen LogP contribution in [0.15, 0.2) is 52.8 Å². The standard InChI is InChI=1S/C21H25N3O2/c1-15(2)24(10-6-9-22-24)13-19-16(3)12-21(4,23-20(19)26)18-8-5-7-17(11-18)14-25/h5-11,14-15H,12-13H2,1-4H3/p+1. The van der Waals surface area contributed by atoms with Crippen molar-refractivity contribution in [3.05, 3.63) is 58.8 Å². The van der Waals surface area contributed by atoms with Crippen LogP contribution in [0.25, 0.3) is 0 Å². The van der Waals surface area contributed by atoms with Gasteiger partial charge in [-0.15, -0.1) is 0 Å². The summed E-state index contributed by atoms with van der Waals surface area (Å²) in [6.07, 6.45) is 7.32. The fourth-order valence-electron chi connectivity index (χ4n) is 3.76. The monoisotopic (exact) mass is 352 g/mol. The number of hydrogen-bond acceptors (Lipinski definition) is 3. The summed E-state index contributed by atoms with van der Waals surface area (Å²) >= 11 is 0. The highest BCUT2D eigenvalue weighted by atomic mass is 16.2. The SMILES string of the molecule is CC1=C(C[N+]2(C(C)C)C=CC=N2)C(=O)NC(C)(c2cccc(C=O)c2)C1. The molecule has 2 heterocycles. The highest BCUT2D eigenvalue weighted by molar-refractivity contribution is 5.96. The maximum Gasteiger partial charge on any atom is 0.253 e. The summed E-state index contributed by atoms with van der Waals surface area (Å²) in [5.41, 5.74) is 2.91. The molecule has 1 aromatic rings. The van der Waals surface area contributed by atoms with Gasteiger partial charge >= 0.3 is 0 Å². The van der Waals surface area contributed by atoms with Crippen molar-refractivity contribution in [2.45, 2.75) is 45.7 Å². The van der Waals surface area contributed by atoms with E-state index in [4.69, 9.17) is 0 Å². The van der Waals surface area contributed by atoms with Crippen LogP contribution in [0.2, 0.25) is 0 Å². The minimum Gasteiger partial charge on any atom is -0.343 e. The number of aldehydes is 1. The molecule has 0 aromatic heterocycles.